The van der Waals surface area contributed by atoms with E-state index in [9.17, 15) is 0 Å². The van der Waals surface area contributed by atoms with E-state index < -0.39 is 0 Å². The molecule has 3 aromatic heterocycles. The highest BCUT2D eigenvalue weighted by Crippen LogP contribution is 2.23. The zero-order valence-corrected chi connectivity index (χ0v) is 14.8. The van der Waals surface area contributed by atoms with Gasteiger partial charge in [0, 0.05) is 19.0 Å². The Hall–Kier alpha value is -3.06. The number of aliphatic hydroxyl groups is 1. The lowest BCUT2D eigenvalue weighted by Crippen LogP contribution is -2.06. The molecular formula is C19H20N6O. The summed E-state index contributed by atoms with van der Waals surface area (Å²) < 4.78 is 3.63. The Morgan fingerprint density at radius 2 is 1.96 bits per heavy atom. The zero-order valence-electron chi connectivity index (χ0n) is 14.8. The van der Waals surface area contributed by atoms with Crippen molar-refractivity contribution in [3.63, 3.8) is 0 Å². The number of aryl methyl sites for hydroxylation is 2. The van der Waals surface area contributed by atoms with Crippen LogP contribution in [0.15, 0.2) is 42.9 Å². The summed E-state index contributed by atoms with van der Waals surface area (Å²) in [7, 11) is 0. The number of benzene rings is 1. The van der Waals surface area contributed by atoms with Crippen molar-refractivity contribution in [3.05, 3.63) is 65.4 Å². The third-order valence-corrected chi connectivity index (χ3v) is 4.41. The van der Waals surface area contributed by atoms with E-state index in [1.165, 1.54) is 11.1 Å². The SMILES string of the molecule is Cc1nc(-c2cnn3cc(CCO)cnc23)n(Cc2ccccc2C)n1. The molecule has 132 valence electrons. The molecule has 3 heterocycles. The minimum Gasteiger partial charge on any atom is -0.396 e. The summed E-state index contributed by atoms with van der Waals surface area (Å²) in [6.45, 7) is 4.71. The molecule has 1 N–H and O–H groups in total. The number of aliphatic hydroxyl groups excluding tert-OH is 1. The van der Waals surface area contributed by atoms with E-state index in [1.54, 1.807) is 16.9 Å². The van der Waals surface area contributed by atoms with Crippen molar-refractivity contribution in [3.8, 4) is 11.4 Å². The van der Waals surface area contributed by atoms with Gasteiger partial charge in [0.1, 0.15) is 5.82 Å². The number of aromatic nitrogens is 6. The van der Waals surface area contributed by atoms with E-state index in [4.69, 9.17) is 5.11 Å². The molecule has 0 saturated carbocycles. The molecule has 0 bridgehead atoms. The highest BCUT2D eigenvalue weighted by atomic mass is 16.2. The lowest BCUT2D eigenvalue weighted by atomic mass is 10.1. The fourth-order valence-electron chi connectivity index (χ4n) is 3.04. The molecule has 0 aliphatic carbocycles. The molecule has 0 radical (unpaired) electrons. The molecular weight excluding hydrogens is 328 g/mol. The highest BCUT2D eigenvalue weighted by molar-refractivity contribution is 5.72. The largest absolute Gasteiger partial charge is 0.396 e. The van der Waals surface area contributed by atoms with Crippen molar-refractivity contribution in [2.45, 2.75) is 26.8 Å². The quantitative estimate of drug-likeness (QED) is 0.598. The van der Waals surface area contributed by atoms with Crippen LogP contribution in [0.25, 0.3) is 17.0 Å². The van der Waals surface area contributed by atoms with E-state index in [-0.39, 0.29) is 6.61 Å². The van der Waals surface area contributed by atoms with Gasteiger partial charge in [0.05, 0.1) is 18.3 Å². The van der Waals surface area contributed by atoms with Gasteiger partial charge in [-0.3, -0.25) is 0 Å². The normalized spacial score (nSPS) is 11.3. The number of nitrogens with zero attached hydrogens (tertiary/aromatic N) is 6. The fourth-order valence-corrected chi connectivity index (χ4v) is 3.04. The summed E-state index contributed by atoms with van der Waals surface area (Å²) in [5.41, 5.74) is 4.93. The predicted molar refractivity (Wildman–Crippen MR) is 97.8 cm³/mol. The predicted octanol–water partition coefficient (Wildman–Crippen LogP) is 2.19. The summed E-state index contributed by atoms with van der Waals surface area (Å²) in [6, 6.07) is 8.26. The Morgan fingerprint density at radius 1 is 1.12 bits per heavy atom. The molecule has 4 aromatic rings. The Bertz CT molecular complexity index is 1070. The second-order valence-electron chi connectivity index (χ2n) is 6.33. The summed E-state index contributed by atoms with van der Waals surface area (Å²) >= 11 is 0. The zero-order chi connectivity index (χ0) is 18.1. The molecule has 0 aliphatic heterocycles. The topological polar surface area (TPSA) is 81.1 Å². The van der Waals surface area contributed by atoms with E-state index in [0.717, 1.165) is 22.6 Å². The van der Waals surface area contributed by atoms with Gasteiger partial charge < -0.3 is 5.11 Å². The van der Waals surface area contributed by atoms with Gasteiger partial charge in [-0.25, -0.2) is 19.2 Å². The van der Waals surface area contributed by atoms with Gasteiger partial charge in [0.15, 0.2) is 11.5 Å². The molecule has 0 fully saturated rings. The van der Waals surface area contributed by atoms with Gasteiger partial charge in [0.2, 0.25) is 0 Å². The molecule has 26 heavy (non-hydrogen) atoms. The van der Waals surface area contributed by atoms with Crippen LogP contribution in [0.3, 0.4) is 0 Å². The smallest absolute Gasteiger partial charge is 0.166 e. The monoisotopic (exact) mass is 348 g/mol. The summed E-state index contributed by atoms with van der Waals surface area (Å²) in [5, 5.41) is 18.1. The highest BCUT2D eigenvalue weighted by Gasteiger charge is 2.17. The molecule has 1 aromatic carbocycles. The second-order valence-corrected chi connectivity index (χ2v) is 6.33. The van der Waals surface area contributed by atoms with E-state index in [2.05, 4.69) is 39.2 Å². The maximum absolute atomic E-state index is 9.10. The van der Waals surface area contributed by atoms with E-state index in [1.807, 2.05) is 29.9 Å². The third-order valence-electron chi connectivity index (χ3n) is 4.41. The van der Waals surface area contributed by atoms with Crippen molar-refractivity contribution in [1.29, 1.82) is 0 Å². The minimum atomic E-state index is 0.0886. The molecule has 7 heteroatoms. The molecule has 7 nitrogen and oxygen atoms in total. The van der Waals surface area contributed by atoms with E-state index >= 15 is 0 Å². The van der Waals surface area contributed by atoms with Crippen molar-refractivity contribution < 1.29 is 5.11 Å². The molecule has 0 saturated heterocycles. The van der Waals surface area contributed by atoms with Gasteiger partial charge in [-0.1, -0.05) is 24.3 Å². The average Bonchev–Trinajstić information content (AvgIpc) is 3.20. The third kappa shape index (κ3) is 2.97. The lowest BCUT2D eigenvalue weighted by molar-refractivity contribution is 0.299. The van der Waals surface area contributed by atoms with Crippen LogP contribution in [-0.2, 0) is 13.0 Å². The molecule has 4 rings (SSSR count). The Kier molecular flexibility index (Phi) is 4.22. The summed E-state index contributed by atoms with van der Waals surface area (Å²) in [6.07, 6.45) is 5.98. The van der Waals surface area contributed by atoms with Crippen LogP contribution in [0.2, 0.25) is 0 Å². The van der Waals surface area contributed by atoms with Gasteiger partial charge in [0.25, 0.3) is 0 Å². The van der Waals surface area contributed by atoms with Gasteiger partial charge in [-0.2, -0.15) is 10.2 Å². The van der Waals surface area contributed by atoms with Crippen molar-refractivity contribution in [2.24, 2.45) is 0 Å². The van der Waals surface area contributed by atoms with Crippen LogP contribution in [0, 0.1) is 13.8 Å². The maximum atomic E-state index is 9.10. The first-order valence-electron chi connectivity index (χ1n) is 8.55. The molecule has 0 unspecified atom stereocenters. The van der Waals surface area contributed by atoms with Gasteiger partial charge in [-0.15, -0.1) is 0 Å². The van der Waals surface area contributed by atoms with Crippen LogP contribution in [0.4, 0.5) is 0 Å². The molecule has 0 atom stereocenters. The Morgan fingerprint density at radius 3 is 2.77 bits per heavy atom. The first-order chi connectivity index (χ1) is 12.7. The fraction of sp³-hybridized carbons (Fsp3) is 0.263. The van der Waals surface area contributed by atoms with Crippen LogP contribution in [-0.4, -0.2) is 41.1 Å². The van der Waals surface area contributed by atoms with Crippen LogP contribution in [0.1, 0.15) is 22.5 Å². The number of rotatable bonds is 5. The Balaban J connectivity index is 1.77. The second kappa shape index (κ2) is 6.68. The molecule has 0 amide bonds. The summed E-state index contributed by atoms with van der Waals surface area (Å²) in [5.74, 6) is 1.47. The number of fused-ring (bicyclic) bond motifs is 1. The van der Waals surface area contributed by atoms with Crippen LogP contribution in [0.5, 0.6) is 0 Å². The minimum absolute atomic E-state index is 0.0886. The van der Waals surface area contributed by atoms with Crippen molar-refractivity contribution in [2.75, 3.05) is 6.61 Å². The average molecular weight is 348 g/mol. The first-order valence-corrected chi connectivity index (χ1v) is 8.55. The Labute approximate surface area is 151 Å². The molecule has 0 spiro atoms. The van der Waals surface area contributed by atoms with Gasteiger partial charge in [-0.05, 0) is 37.0 Å². The van der Waals surface area contributed by atoms with Gasteiger partial charge >= 0.3 is 0 Å². The van der Waals surface area contributed by atoms with E-state index in [0.29, 0.717) is 18.8 Å². The number of hydrogen-bond acceptors (Lipinski definition) is 5. The van der Waals surface area contributed by atoms with Crippen LogP contribution < -0.4 is 0 Å². The van der Waals surface area contributed by atoms with Crippen molar-refractivity contribution >= 4 is 5.65 Å². The maximum Gasteiger partial charge on any atom is 0.166 e. The molecule has 0 aliphatic rings. The van der Waals surface area contributed by atoms with Crippen molar-refractivity contribution in [1.82, 2.24) is 29.4 Å². The lowest BCUT2D eigenvalue weighted by Gasteiger charge is -2.08. The van der Waals surface area contributed by atoms with Crippen LogP contribution >= 0.6 is 0 Å². The first kappa shape index (κ1) is 16.4. The standard InChI is InChI=1S/C19H20N6O/c1-13-5-3-4-6-16(13)12-25-19(22-14(2)23-25)17-10-21-24-11-15(7-8-26)9-20-18(17)24/h3-6,9-11,26H,7-8,12H2,1-2H3. The summed E-state index contributed by atoms with van der Waals surface area (Å²) in [4.78, 5) is 9.13. The number of hydrogen-bond donors (Lipinski definition) is 1.